The van der Waals surface area contributed by atoms with Gasteiger partial charge in [0.05, 0.1) is 0 Å². The predicted molar refractivity (Wildman–Crippen MR) is 52.3 cm³/mol. The zero-order valence-corrected chi connectivity index (χ0v) is 10.3. The van der Waals surface area contributed by atoms with Crippen LogP contribution >= 0.6 is 12.2 Å². The van der Waals surface area contributed by atoms with E-state index >= 15 is 0 Å². The van der Waals surface area contributed by atoms with Crippen molar-refractivity contribution in [2.75, 3.05) is 13.1 Å². The molecule has 0 saturated heterocycles. The molecular weight excluding hydrogens is 276 g/mol. The number of hydrogen-bond donors (Lipinski definition) is 0. The first-order valence-electron chi connectivity index (χ1n) is 2.68. The van der Waals surface area contributed by atoms with Crippen molar-refractivity contribution in [1.29, 1.82) is 0 Å². The van der Waals surface area contributed by atoms with Gasteiger partial charge in [0.15, 0.2) is 0 Å². The van der Waals surface area contributed by atoms with Gasteiger partial charge < -0.3 is 35.2 Å². The molecule has 0 bridgehead atoms. The van der Waals surface area contributed by atoms with Gasteiger partial charge in [-0.15, -0.1) is 0 Å². The smallest absolute Gasteiger partial charge is 0.0133 e. The molecule has 0 aromatic carbocycles. The Morgan fingerprint density at radius 3 is 1.70 bits per heavy atom. The summed E-state index contributed by atoms with van der Waals surface area (Å²) in [7, 11) is 0. The molecule has 0 amide bonds. The van der Waals surface area contributed by atoms with Gasteiger partial charge in [-0.25, -0.2) is 0 Å². The maximum atomic E-state index is 4.76. The number of nitrogens with zero attached hydrogens (tertiary/aromatic N) is 1. The molecule has 0 fully saturated rings. The van der Waals surface area contributed by atoms with Crippen LogP contribution in [0.1, 0.15) is 13.8 Å². The van der Waals surface area contributed by atoms with Crippen molar-refractivity contribution in [2.45, 2.75) is 13.8 Å². The topological polar surface area (TPSA) is 34.7 Å². The van der Waals surface area contributed by atoms with Crippen molar-refractivity contribution in [3.63, 3.8) is 0 Å². The second-order valence-corrected chi connectivity index (χ2v) is 2.47. The van der Waals surface area contributed by atoms with E-state index in [9.17, 15) is 0 Å². The first-order chi connectivity index (χ1) is 3.72. The maximum absolute atomic E-state index is 4.76. The summed E-state index contributed by atoms with van der Waals surface area (Å²) < 4.78 is 0.579. The van der Waals surface area contributed by atoms with Gasteiger partial charge in [-0.3, -0.25) is 0 Å². The van der Waals surface area contributed by atoms with Gasteiger partial charge in [-0.05, 0) is 13.8 Å². The van der Waals surface area contributed by atoms with Crippen molar-refractivity contribution < 1.29 is 5.48 Å². The van der Waals surface area contributed by atoms with Gasteiger partial charge in [-0.2, -0.15) is 0 Å². The minimum atomic E-state index is 0. The molecule has 0 heterocycles. The average Bonchev–Trinajstić information content (AvgIpc) is 1.69. The summed E-state index contributed by atoms with van der Waals surface area (Å²) in [5.74, 6) is 0. The molecule has 0 spiro atoms. The van der Waals surface area contributed by atoms with Crippen molar-refractivity contribution in [2.24, 2.45) is 0 Å². The minimum Gasteiger partial charge on any atom is -0.412 e. The molecule has 0 aliphatic rings. The minimum absolute atomic E-state index is 0. The van der Waals surface area contributed by atoms with Crippen LogP contribution < -0.4 is 0 Å². The molecule has 0 atom stereocenters. The van der Waals surface area contributed by atoms with Crippen LogP contribution in [0, 0.1) is 0 Å². The van der Waals surface area contributed by atoms with Crippen LogP contribution in [0.3, 0.4) is 0 Å². The van der Waals surface area contributed by atoms with Crippen molar-refractivity contribution in [1.82, 2.24) is 4.90 Å². The van der Waals surface area contributed by atoms with Crippen molar-refractivity contribution >= 4 is 53.6 Å². The average molecular weight is 288 g/mol. The third kappa shape index (κ3) is 7.00. The largest absolute Gasteiger partial charge is 0.412 e. The number of rotatable bonds is 2. The van der Waals surface area contributed by atoms with Crippen molar-refractivity contribution in [3.8, 4) is 0 Å². The van der Waals surface area contributed by atoms with Crippen LogP contribution in [0.2, 0.25) is 0 Å². The predicted octanol–water partition coefficient (Wildman–Crippen LogP) is -0.0455. The molecule has 0 rings (SSSR count). The molecular formula is C5H12NOS2Sb-. The second-order valence-electron chi connectivity index (χ2n) is 1.44. The Labute approximate surface area is 90.5 Å². The first kappa shape index (κ1) is 17.1. The fraction of sp³-hybridized carbons (Fsp3) is 0.800. The molecule has 0 saturated carbocycles. The third-order valence-corrected chi connectivity index (χ3v) is 1.54. The summed E-state index contributed by atoms with van der Waals surface area (Å²) in [6, 6.07) is 0. The molecule has 0 aromatic rings. The molecule has 2 nitrogen and oxygen atoms in total. The Morgan fingerprint density at radius 1 is 1.40 bits per heavy atom. The fourth-order valence-corrected chi connectivity index (χ4v) is 0.998. The fourth-order valence-electron chi connectivity index (χ4n) is 0.482. The van der Waals surface area contributed by atoms with Crippen LogP contribution in [0.15, 0.2) is 0 Å². The Hall–Kier alpha value is 0.888. The molecule has 0 aliphatic heterocycles. The number of hydrogen-bond acceptors (Lipinski definition) is 2. The van der Waals surface area contributed by atoms with Gasteiger partial charge in [0.25, 0.3) is 0 Å². The monoisotopic (exact) mass is 287 g/mol. The van der Waals surface area contributed by atoms with E-state index in [-0.39, 0.29) is 29.9 Å². The molecule has 0 unspecified atom stereocenters. The molecule has 5 heteroatoms. The van der Waals surface area contributed by atoms with E-state index in [0.29, 0.717) is 4.32 Å². The molecule has 0 aromatic heterocycles. The van der Waals surface area contributed by atoms with E-state index in [4.69, 9.17) is 24.8 Å². The summed E-state index contributed by atoms with van der Waals surface area (Å²) in [5, 5.41) is 0. The zero-order chi connectivity index (χ0) is 6.57. The van der Waals surface area contributed by atoms with Crippen LogP contribution in [0.4, 0.5) is 0 Å². The quantitative estimate of drug-likeness (QED) is 0.406. The van der Waals surface area contributed by atoms with Crippen LogP contribution in [-0.2, 0) is 12.6 Å². The van der Waals surface area contributed by atoms with Crippen molar-refractivity contribution in [3.05, 3.63) is 0 Å². The van der Waals surface area contributed by atoms with Crippen LogP contribution in [0.25, 0.3) is 0 Å². The molecule has 2 N–H and O–H groups in total. The van der Waals surface area contributed by atoms with Gasteiger partial charge in [-0.1, -0.05) is 4.32 Å². The SMILES string of the molecule is CCN(CC)C(=S)[S-].O.[Sb]. The first-order valence-corrected chi connectivity index (χ1v) is 3.50. The Balaban J connectivity index is -0.000000245. The van der Waals surface area contributed by atoms with Gasteiger partial charge >= 0.3 is 0 Å². The normalized spacial score (nSPS) is 7.00. The molecule has 0 aliphatic carbocycles. The third-order valence-electron chi connectivity index (χ3n) is 1.02. The summed E-state index contributed by atoms with van der Waals surface area (Å²) >= 11 is 9.51. The van der Waals surface area contributed by atoms with E-state index in [0.717, 1.165) is 13.1 Å². The Bertz CT molecular complexity index is 87.7. The van der Waals surface area contributed by atoms with E-state index < -0.39 is 0 Å². The van der Waals surface area contributed by atoms with Crippen LogP contribution in [0.5, 0.6) is 0 Å². The number of thiocarbonyl (C=S) groups is 1. The molecule has 10 heavy (non-hydrogen) atoms. The van der Waals surface area contributed by atoms with Crippen LogP contribution in [-0.4, -0.2) is 52.2 Å². The van der Waals surface area contributed by atoms with E-state index in [1.807, 2.05) is 18.7 Å². The summed E-state index contributed by atoms with van der Waals surface area (Å²) in [6.45, 7) is 5.95. The Morgan fingerprint density at radius 2 is 1.70 bits per heavy atom. The van der Waals surface area contributed by atoms with Gasteiger partial charge in [0, 0.05) is 37.5 Å². The standard InChI is InChI=1S/C5H11NS2.H2O.Sb/c1-3-6(4-2)5(7)8;;/h3-4H2,1-2H3,(H,7,8);1H2;/p-1. The van der Waals surface area contributed by atoms with E-state index in [1.165, 1.54) is 0 Å². The summed E-state index contributed by atoms with van der Waals surface area (Å²) in [5.41, 5.74) is 0. The van der Waals surface area contributed by atoms with Gasteiger partial charge in [0.1, 0.15) is 0 Å². The zero-order valence-electron chi connectivity index (χ0n) is 6.13. The Kier molecular flexibility index (Phi) is 16.9. The van der Waals surface area contributed by atoms with E-state index in [1.54, 1.807) is 0 Å². The van der Waals surface area contributed by atoms with E-state index in [2.05, 4.69) is 0 Å². The molecule has 3 radical (unpaired) electrons. The second kappa shape index (κ2) is 9.89. The van der Waals surface area contributed by atoms with Gasteiger partial charge in [0.2, 0.25) is 0 Å². The summed E-state index contributed by atoms with van der Waals surface area (Å²) in [6.07, 6.45) is 0. The molecule has 61 valence electrons. The summed E-state index contributed by atoms with van der Waals surface area (Å²) in [4.78, 5) is 1.96. The maximum Gasteiger partial charge on any atom is 0.0133 e.